The van der Waals surface area contributed by atoms with Gasteiger partial charge in [-0.05, 0) is 78.1 Å². The Morgan fingerprint density at radius 1 is 1.00 bits per heavy atom. The Bertz CT molecular complexity index is 962. The molecule has 3 rings (SSSR count). The summed E-state index contributed by atoms with van der Waals surface area (Å²) in [4.78, 5) is 12.4. The van der Waals surface area contributed by atoms with Gasteiger partial charge in [0.1, 0.15) is 0 Å². The van der Waals surface area contributed by atoms with Gasteiger partial charge in [-0.3, -0.25) is 0 Å². The molecule has 0 heterocycles. The van der Waals surface area contributed by atoms with Gasteiger partial charge in [0.2, 0.25) is 0 Å². The molecule has 0 atom stereocenters. The Balaban J connectivity index is 1.65. The minimum atomic E-state index is -0.219. The van der Waals surface area contributed by atoms with Crippen LogP contribution in [0.4, 0.5) is 0 Å². The van der Waals surface area contributed by atoms with Crippen LogP contribution in [0.25, 0.3) is 16.8 Å². The molecule has 2 aromatic rings. The van der Waals surface area contributed by atoms with Crippen molar-refractivity contribution in [2.24, 2.45) is 5.41 Å². The fourth-order valence-electron chi connectivity index (χ4n) is 4.64. The fourth-order valence-corrected chi connectivity index (χ4v) is 4.64. The summed E-state index contributed by atoms with van der Waals surface area (Å²) in [6.07, 6.45) is 14.1. The van der Waals surface area contributed by atoms with Gasteiger partial charge in [-0.2, -0.15) is 0 Å². The average Bonchev–Trinajstić information content (AvgIpc) is 2.74. The van der Waals surface area contributed by atoms with E-state index < -0.39 is 0 Å². The van der Waals surface area contributed by atoms with Crippen molar-refractivity contribution in [1.29, 1.82) is 0 Å². The Kier molecular flexibility index (Phi) is 8.12. The van der Waals surface area contributed by atoms with Gasteiger partial charge in [0.25, 0.3) is 0 Å². The van der Waals surface area contributed by atoms with Crippen LogP contribution in [0.3, 0.4) is 0 Å². The number of benzene rings is 2. The van der Waals surface area contributed by atoms with Gasteiger partial charge in [0.15, 0.2) is 0 Å². The fraction of sp³-hybridized carbons (Fsp3) is 0.483. The second-order valence-electron chi connectivity index (χ2n) is 9.64. The van der Waals surface area contributed by atoms with Crippen LogP contribution in [-0.4, -0.2) is 12.6 Å². The number of fused-ring (bicyclic) bond motifs is 1. The molecule has 2 nitrogen and oxygen atoms in total. The molecule has 0 amide bonds. The SMILES string of the molecule is CCCCCCCOC(=O)c1ccc2cc(/C=C/C3=C(C)CCCC3(C)C)ccc2c1. The second kappa shape index (κ2) is 10.8. The molecule has 1 aliphatic rings. The summed E-state index contributed by atoms with van der Waals surface area (Å²) in [5, 5.41) is 2.22. The molecule has 0 fully saturated rings. The highest BCUT2D eigenvalue weighted by Crippen LogP contribution is 2.41. The van der Waals surface area contributed by atoms with E-state index in [-0.39, 0.29) is 11.4 Å². The molecule has 166 valence electrons. The van der Waals surface area contributed by atoms with Gasteiger partial charge in [0.05, 0.1) is 12.2 Å². The third-order valence-electron chi connectivity index (χ3n) is 6.57. The highest BCUT2D eigenvalue weighted by molar-refractivity contribution is 5.96. The molecule has 0 bridgehead atoms. The largest absolute Gasteiger partial charge is 0.462 e. The van der Waals surface area contributed by atoms with Crippen molar-refractivity contribution in [1.82, 2.24) is 0 Å². The van der Waals surface area contributed by atoms with Gasteiger partial charge in [0, 0.05) is 0 Å². The summed E-state index contributed by atoms with van der Waals surface area (Å²) >= 11 is 0. The van der Waals surface area contributed by atoms with Gasteiger partial charge in [-0.1, -0.05) is 82.4 Å². The quantitative estimate of drug-likeness (QED) is 0.301. The molecule has 0 spiro atoms. The van der Waals surface area contributed by atoms with E-state index in [1.165, 1.54) is 55.2 Å². The van der Waals surface area contributed by atoms with Crippen LogP contribution in [0.15, 0.2) is 53.6 Å². The van der Waals surface area contributed by atoms with Crippen LogP contribution in [0.5, 0.6) is 0 Å². The number of rotatable bonds is 9. The van der Waals surface area contributed by atoms with E-state index in [9.17, 15) is 4.79 Å². The topological polar surface area (TPSA) is 26.3 Å². The number of carbonyl (C=O) groups excluding carboxylic acids is 1. The molecule has 0 aliphatic heterocycles. The number of hydrogen-bond donors (Lipinski definition) is 0. The molecule has 0 saturated heterocycles. The monoisotopic (exact) mass is 418 g/mol. The molecular formula is C29H38O2. The van der Waals surface area contributed by atoms with Crippen molar-refractivity contribution in [3.63, 3.8) is 0 Å². The summed E-state index contributed by atoms with van der Waals surface area (Å²) in [5.74, 6) is -0.219. The summed E-state index contributed by atoms with van der Waals surface area (Å²) in [6, 6.07) is 12.3. The first-order chi connectivity index (χ1) is 14.9. The van der Waals surface area contributed by atoms with Crippen molar-refractivity contribution < 1.29 is 9.53 Å². The number of ether oxygens (including phenoxy) is 1. The lowest BCUT2D eigenvalue weighted by atomic mass is 9.72. The first-order valence-corrected chi connectivity index (χ1v) is 12.0. The Hall–Kier alpha value is -2.35. The maximum absolute atomic E-state index is 12.4. The summed E-state index contributed by atoms with van der Waals surface area (Å²) < 4.78 is 5.46. The van der Waals surface area contributed by atoms with Crippen molar-refractivity contribution in [2.45, 2.75) is 79.1 Å². The average molecular weight is 419 g/mol. The minimum Gasteiger partial charge on any atom is -0.462 e. The number of carbonyl (C=O) groups is 1. The lowest BCUT2D eigenvalue weighted by Crippen LogP contribution is -2.18. The molecule has 1 aliphatic carbocycles. The second-order valence-corrected chi connectivity index (χ2v) is 9.64. The van der Waals surface area contributed by atoms with Gasteiger partial charge >= 0.3 is 5.97 Å². The van der Waals surface area contributed by atoms with Crippen LogP contribution in [0.1, 0.15) is 95.0 Å². The van der Waals surface area contributed by atoms with Crippen LogP contribution in [0, 0.1) is 5.41 Å². The highest BCUT2D eigenvalue weighted by atomic mass is 16.5. The molecule has 2 aromatic carbocycles. The van der Waals surface area contributed by atoms with Crippen LogP contribution >= 0.6 is 0 Å². The molecule has 0 saturated carbocycles. The van der Waals surface area contributed by atoms with Crippen LogP contribution in [0.2, 0.25) is 0 Å². The maximum atomic E-state index is 12.4. The van der Waals surface area contributed by atoms with Gasteiger partial charge in [-0.15, -0.1) is 0 Å². The zero-order chi connectivity index (χ0) is 22.3. The third kappa shape index (κ3) is 6.32. The lowest BCUT2D eigenvalue weighted by Gasteiger charge is -2.32. The van der Waals surface area contributed by atoms with E-state index in [4.69, 9.17) is 4.74 Å². The third-order valence-corrected chi connectivity index (χ3v) is 6.57. The van der Waals surface area contributed by atoms with Crippen LogP contribution in [-0.2, 0) is 4.74 Å². The maximum Gasteiger partial charge on any atom is 0.338 e. The first kappa shape index (κ1) is 23.3. The highest BCUT2D eigenvalue weighted by Gasteiger charge is 2.26. The molecule has 0 aromatic heterocycles. The Labute approximate surface area is 188 Å². The van der Waals surface area contributed by atoms with Crippen molar-refractivity contribution >= 4 is 22.8 Å². The van der Waals surface area contributed by atoms with E-state index in [0.717, 1.165) is 23.6 Å². The Morgan fingerprint density at radius 2 is 1.74 bits per heavy atom. The minimum absolute atomic E-state index is 0.219. The van der Waals surface area contributed by atoms with Gasteiger partial charge < -0.3 is 4.74 Å². The first-order valence-electron chi connectivity index (χ1n) is 12.0. The number of allylic oxidation sites excluding steroid dienone is 3. The number of hydrogen-bond acceptors (Lipinski definition) is 2. The normalized spacial score (nSPS) is 16.3. The van der Waals surface area contributed by atoms with Crippen LogP contribution < -0.4 is 0 Å². The number of unbranched alkanes of at least 4 members (excludes halogenated alkanes) is 4. The predicted molar refractivity (Wildman–Crippen MR) is 132 cm³/mol. The van der Waals surface area contributed by atoms with E-state index in [1.807, 2.05) is 18.2 Å². The van der Waals surface area contributed by atoms with Gasteiger partial charge in [-0.25, -0.2) is 4.79 Å². The van der Waals surface area contributed by atoms with E-state index >= 15 is 0 Å². The predicted octanol–water partition coefficient (Wildman–Crippen LogP) is 8.51. The zero-order valence-corrected chi connectivity index (χ0v) is 19.8. The molecule has 0 N–H and O–H groups in total. The molecule has 0 unspecified atom stereocenters. The zero-order valence-electron chi connectivity index (χ0n) is 19.8. The molecule has 0 radical (unpaired) electrons. The summed E-state index contributed by atoms with van der Waals surface area (Å²) in [6.45, 7) is 9.68. The standard InChI is InChI=1S/C29H38O2/c1-5-6-7-8-9-19-31-28(30)26-16-15-24-20-23(12-14-25(24)21-26)13-17-27-22(2)11-10-18-29(27,3)4/h12-17,20-21H,5-11,18-19H2,1-4H3/b17-13+. The smallest absolute Gasteiger partial charge is 0.338 e. The Morgan fingerprint density at radius 3 is 2.52 bits per heavy atom. The molecule has 31 heavy (non-hydrogen) atoms. The molecular weight excluding hydrogens is 380 g/mol. The van der Waals surface area contributed by atoms with E-state index in [0.29, 0.717) is 12.2 Å². The summed E-state index contributed by atoms with van der Waals surface area (Å²) in [7, 11) is 0. The van der Waals surface area contributed by atoms with E-state index in [2.05, 4.69) is 58.0 Å². The summed E-state index contributed by atoms with van der Waals surface area (Å²) in [5.41, 5.74) is 5.07. The molecule has 2 heteroatoms. The van der Waals surface area contributed by atoms with Crippen molar-refractivity contribution in [2.75, 3.05) is 6.61 Å². The van der Waals surface area contributed by atoms with E-state index in [1.54, 1.807) is 0 Å². The van der Waals surface area contributed by atoms with Crippen molar-refractivity contribution in [3.8, 4) is 0 Å². The van der Waals surface area contributed by atoms with Crippen molar-refractivity contribution in [3.05, 3.63) is 64.7 Å². The lowest BCUT2D eigenvalue weighted by molar-refractivity contribution is 0.0498. The number of esters is 1.